The molecule has 1 aliphatic heterocycles. The molecule has 2 atom stereocenters. The van der Waals surface area contributed by atoms with E-state index in [1.54, 1.807) is 12.1 Å². The maximum Gasteiger partial charge on any atom is 0.255 e. The van der Waals surface area contributed by atoms with Crippen molar-refractivity contribution in [1.29, 1.82) is 0 Å². The van der Waals surface area contributed by atoms with Crippen LogP contribution in [0, 0.1) is 0 Å². The first kappa shape index (κ1) is 17.7. The lowest BCUT2D eigenvalue weighted by molar-refractivity contribution is -0.0737. The smallest absolute Gasteiger partial charge is 0.255 e. The van der Waals surface area contributed by atoms with Crippen molar-refractivity contribution in [2.45, 2.75) is 31.9 Å². The number of aliphatic hydroxyl groups is 1. The van der Waals surface area contributed by atoms with Crippen molar-refractivity contribution in [3.63, 3.8) is 0 Å². The fourth-order valence-corrected chi connectivity index (χ4v) is 2.48. The van der Waals surface area contributed by atoms with E-state index in [2.05, 4.69) is 5.32 Å². The third-order valence-corrected chi connectivity index (χ3v) is 3.64. The first-order valence-corrected chi connectivity index (χ1v) is 8.09. The van der Waals surface area contributed by atoms with Gasteiger partial charge in [-0.25, -0.2) is 0 Å². The number of benzene rings is 1. The lowest BCUT2D eigenvalue weighted by Crippen LogP contribution is -2.50. The Morgan fingerprint density at radius 3 is 3.00 bits per heavy atom. The summed E-state index contributed by atoms with van der Waals surface area (Å²) < 4.78 is 16.6. The van der Waals surface area contributed by atoms with Crippen LogP contribution in [0.3, 0.4) is 0 Å². The quantitative estimate of drug-likeness (QED) is 0.756. The monoisotopic (exact) mass is 323 g/mol. The van der Waals surface area contributed by atoms with Gasteiger partial charge in [0, 0.05) is 6.61 Å². The first-order chi connectivity index (χ1) is 11.3. The number of ether oxygens (including phenoxy) is 3. The Balaban J connectivity index is 2.02. The maximum absolute atomic E-state index is 12.6. The van der Waals surface area contributed by atoms with Crippen LogP contribution in [0.1, 0.15) is 30.1 Å². The summed E-state index contributed by atoms with van der Waals surface area (Å²) in [6, 6.07) is 7.08. The highest BCUT2D eigenvalue weighted by Crippen LogP contribution is 2.19. The van der Waals surface area contributed by atoms with Crippen molar-refractivity contribution in [2.24, 2.45) is 0 Å². The van der Waals surface area contributed by atoms with E-state index >= 15 is 0 Å². The molecule has 1 aromatic rings. The van der Waals surface area contributed by atoms with E-state index in [0.717, 1.165) is 6.42 Å². The van der Waals surface area contributed by atoms with Crippen molar-refractivity contribution in [1.82, 2.24) is 5.32 Å². The summed E-state index contributed by atoms with van der Waals surface area (Å²) in [6.45, 7) is 3.77. The molecule has 0 radical (unpaired) electrons. The largest absolute Gasteiger partial charge is 0.493 e. The lowest BCUT2D eigenvalue weighted by Gasteiger charge is -2.32. The molecule has 0 aliphatic carbocycles. The van der Waals surface area contributed by atoms with Gasteiger partial charge in [0.15, 0.2) is 0 Å². The van der Waals surface area contributed by atoms with Crippen LogP contribution in [0.5, 0.6) is 5.75 Å². The Kier molecular flexibility index (Phi) is 7.32. The SMILES string of the molecule is CCCOc1ccccc1C(=O)N[C@@H]1CCOC[C@H]1OCCO. The second kappa shape index (κ2) is 9.50. The molecule has 1 aliphatic rings. The van der Waals surface area contributed by atoms with Gasteiger partial charge in [-0.05, 0) is 25.0 Å². The topological polar surface area (TPSA) is 77.0 Å². The molecule has 6 nitrogen and oxygen atoms in total. The first-order valence-electron chi connectivity index (χ1n) is 8.09. The van der Waals surface area contributed by atoms with E-state index in [1.165, 1.54) is 0 Å². The second-order valence-corrected chi connectivity index (χ2v) is 5.42. The number of para-hydroxylation sites is 1. The number of aliphatic hydroxyl groups excluding tert-OH is 1. The maximum atomic E-state index is 12.6. The van der Waals surface area contributed by atoms with Gasteiger partial charge in [0.05, 0.1) is 38.0 Å². The minimum Gasteiger partial charge on any atom is -0.493 e. The van der Waals surface area contributed by atoms with Crippen molar-refractivity contribution in [2.75, 3.05) is 33.0 Å². The third kappa shape index (κ3) is 5.20. The van der Waals surface area contributed by atoms with E-state index in [4.69, 9.17) is 19.3 Å². The van der Waals surface area contributed by atoms with Gasteiger partial charge in [0.25, 0.3) is 5.91 Å². The Labute approximate surface area is 136 Å². The number of rotatable bonds is 8. The van der Waals surface area contributed by atoms with Gasteiger partial charge >= 0.3 is 0 Å². The molecular weight excluding hydrogens is 298 g/mol. The lowest BCUT2D eigenvalue weighted by atomic mass is 10.0. The fourth-order valence-electron chi connectivity index (χ4n) is 2.48. The molecule has 1 aromatic carbocycles. The third-order valence-electron chi connectivity index (χ3n) is 3.64. The summed E-state index contributed by atoms with van der Waals surface area (Å²) in [5.74, 6) is 0.410. The highest BCUT2D eigenvalue weighted by Gasteiger charge is 2.28. The van der Waals surface area contributed by atoms with E-state index in [1.807, 2.05) is 19.1 Å². The van der Waals surface area contributed by atoms with Gasteiger partial charge < -0.3 is 24.6 Å². The van der Waals surface area contributed by atoms with Gasteiger partial charge in [0.1, 0.15) is 11.9 Å². The van der Waals surface area contributed by atoms with E-state index in [9.17, 15) is 4.79 Å². The molecule has 0 bridgehead atoms. The molecular formula is C17H25NO5. The number of hydrogen-bond donors (Lipinski definition) is 2. The highest BCUT2D eigenvalue weighted by molar-refractivity contribution is 5.97. The molecule has 2 N–H and O–H groups in total. The second-order valence-electron chi connectivity index (χ2n) is 5.42. The van der Waals surface area contributed by atoms with Gasteiger partial charge in [-0.3, -0.25) is 4.79 Å². The molecule has 128 valence electrons. The number of hydrogen-bond acceptors (Lipinski definition) is 5. The van der Waals surface area contributed by atoms with Crippen LogP contribution < -0.4 is 10.1 Å². The van der Waals surface area contributed by atoms with Crippen LogP contribution >= 0.6 is 0 Å². The van der Waals surface area contributed by atoms with Gasteiger partial charge in [-0.1, -0.05) is 19.1 Å². The molecule has 2 rings (SSSR count). The summed E-state index contributed by atoms with van der Waals surface area (Å²) in [7, 11) is 0. The Hall–Kier alpha value is -1.63. The summed E-state index contributed by atoms with van der Waals surface area (Å²) in [6.07, 6.45) is 1.32. The molecule has 0 spiro atoms. The van der Waals surface area contributed by atoms with E-state index in [0.29, 0.717) is 37.6 Å². The van der Waals surface area contributed by atoms with Crippen LogP contribution in [0.15, 0.2) is 24.3 Å². The zero-order valence-electron chi connectivity index (χ0n) is 13.5. The van der Waals surface area contributed by atoms with Crippen LogP contribution in [0.2, 0.25) is 0 Å². The van der Waals surface area contributed by atoms with Crippen LogP contribution in [-0.2, 0) is 9.47 Å². The van der Waals surface area contributed by atoms with Crippen LogP contribution in [-0.4, -0.2) is 56.2 Å². The Morgan fingerprint density at radius 1 is 1.39 bits per heavy atom. The van der Waals surface area contributed by atoms with Crippen molar-refractivity contribution in [3.05, 3.63) is 29.8 Å². The van der Waals surface area contributed by atoms with Gasteiger partial charge in [-0.2, -0.15) is 0 Å². The van der Waals surface area contributed by atoms with Crippen molar-refractivity contribution in [3.8, 4) is 5.75 Å². The number of carbonyl (C=O) groups is 1. The standard InChI is InChI=1S/C17H25NO5/c1-2-9-22-15-6-4-3-5-13(15)17(20)18-14-7-10-21-12-16(14)23-11-8-19/h3-6,14,16,19H,2,7-12H2,1H3,(H,18,20)/t14-,16-/m1/s1. The predicted octanol–water partition coefficient (Wildman–Crippen LogP) is 1.37. The molecule has 1 amide bonds. The van der Waals surface area contributed by atoms with Crippen molar-refractivity contribution < 1.29 is 24.1 Å². The molecule has 1 heterocycles. The zero-order chi connectivity index (χ0) is 16.5. The highest BCUT2D eigenvalue weighted by atomic mass is 16.5. The summed E-state index contributed by atoms with van der Waals surface area (Å²) in [4.78, 5) is 12.6. The Morgan fingerprint density at radius 2 is 2.22 bits per heavy atom. The molecule has 0 unspecified atom stereocenters. The molecule has 23 heavy (non-hydrogen) atoms. The van der Waals surface area contributed by atoms with E-state index < -0.39 is 0 Å². The van der Waals surface area contributed by atoms with E-state index in [-0.39, 0.29) is 31.3 Å². The summed E-state index contributed by atoms with van der Waals surface area (Å²) in [5.41, 5.74) is 0.522. The molecule has 1 fully saturated rings. The molecule has 0 aromatic heterocycles. The zero-order valence-corrected chi connectivity index (χ0v) is 13.5. The van der Waals surface area contributed by atoms with Crippen LogP contribution in [0.4, 0.5) is 0 Å². The minimum atomic E-state index is -0.247. The number of amides is 1. The predicted molar refractivity (Wildman–Crippen MR) is 85.7 cm³/mol. The number of carbonyl (C=O) groups excluding carboxylic acids is 1. The van der Waals surface area contributed by atoms with Gasteiger partial charge in [-0.15, -0.1) is 0 Å². The fraction of sp³-hybridized carbons (Fsp3) is 0.588. The average molecular weight is 323 g/mol. The number of nitrogens with one attached hydrogen (secondary N) is 1. The van der Waals surface area contributed by atoms with Crippen LogP contribution in [0.25, 0.3) is 0 Å². The van der Waals surface area contributed by atoms with Crippen molar-refractivity contribution >= 4 is 5.91 Å². The molecule has 1 saturated heterocycles. The molecule has 6 heteroatoms. The normalized spacial score (nSPS) is 21.0. The summed E-state index contributed by atoms with van der Waals surface area (Å²) in [5, 5.41) is 11.9. The minimum absolute atomic E-state index is 0.0507. The Bertz CT molecular complexity index is 494. The summed E-state index contributed by atoms with van der Waals surface area (Å²) >= 11 is 0. The van der Waals surface area contributed by atoms with Gasteiger partial charge in [0.2, 0.25) is 0 Å². The average Bonchev–Trinajstić information content (AvgIpc) is 2.59. The molecule has 0 saturated carbocycles.